The molecule has 0 aliphatic rings. The first kappa shape index (κ1) is 11.3. The van der Waals surface area contributed by atoms with Crippen LogP contribution in [0.5, 0.6) is 0 Å². The van der Waals surface area contributed by atoms with Gasteiger partial charge in [0.1, 0.15) is 0 Å². The number of benzene rings is 1. The van der Waals surface area contributed by atoms with Gasteiger partial charge >= 0.3 is 0 Å². The van der Waals surface area contributed by atoms with Gasteiger partial charge in [-0.05, 0) is 30.5 Å². The molecule has 18 heavy (non-hydrogen) atoms. The maximum Gasteiger partial charge on any atom is 0.0962 e. The van der Waals surface area contributed by atoms with Crippen LogP contribution in [0.4, 0.5) is 0 Å². The van der Waals surface area contributed by atoms with Crippen LogP contribution in [0.2, 0.25) is 0 Å². The first-order valence-electron chi connectivity index (χ1n) is 6.50. The van der Waals surface area contributed by atoms with Crippen molar-refractivity contribution in [1.82, 2.24) is 9.55 Å². The monoisotopic (exact) mass is 238 g/mol. The molecule has 0 aliphatic carbocycles. The molecule has 2 nitrogen and oxygen atoms in total. The van der Waals surface area contributed by atoms with Crippen LogP contribution in [0.1, 0.15) is 19.5 Å². The summed E-state index contributed by atoms with van der Waals surface area (Å²) < 4.78 is 2.22. The average Bonchev–Trinajstić information content (AvgIpc) is 2.63. The molecule has 0 saturated heterocycles. The Morgan fingerprint density at radius 3 is 2.61 bits per heavy atom. The fourth-order valence-electron chi connectivity index (χ4n) is 2.59. The normalized spacial score (nSPS) is 11.8. The van der Waals surface area contributed by atoms with Crippen LogP contribution in [-0.2, 0) is 13.5 Å². The van der Waals surface area contributed by atoms with E-state index in [0.717, 1.165) is 11.9 Å². The van der Waals surface area contributed by atoms with Crippen molar-refractivity contribution in [3.63, 3.8) is 0 Å². The molecule has 2 heteroatoms. The maximum absolute atomic E-state index is 4.84. The van der Waals surface area contributed by atoms with Crippen molar-refractivity contribution >= 4 is 21.9 Å². The number of aromatic nitrogens is 2. The van der Waals surface area contributed by atoms with Gasteiger partial charge in [-0.25, -0.2) is 0 Å². The predicted molar refractivity (Wildman–Crippen MR) is 76.8 cm³/mol. The molecule has 3 rings (SSSR count). The number of hydrogen-bond acceptors (Lipinski definition) is 1. The Bertz CT molecular complexity index is 708. The van der Waals surface area contributed by atoms with E-state index in [0.29, 0.717) is 5.92 Å². The molecule has 0 saturated carbocycles. The van der Waals surface area contributed by atoms with Crippen molar-refractivity contribution in [2.45, 2.75) is 20.3 Å². The highest BCUT2D eigenvalue weighted by Crippen LogP contribution is 2.26. The van der Waals surface area contributed by atoms with E-state index in [1.165, 1.54) is 22.1 Å². The Labute approximate surface area is 107 Å². The minimum atomic E-state index is 0.643. The summed E-state index contributed by atoms with van der Waals surface area (Å²) in [5, 5.41) is 1.25. The number of para-hydroxylation sites is 1. The lowest BCUT2D eigenvalue weighted by molar-refractivity contribution is 0.637. The summed E-state index contributed by atoms with van der Waals surface area (Å²) in [6.07, 6.45) is 1.04. The smallest absolute Gasteiger partial charge is 0.0962 e. The molecule has 0 amide bonds. The number of hydrogen-bond donors (Lipinski definition) is 0. The third-order valence-corrected chi connectivity index (χ3v) is 3.43. The maximum atomic E-state index is 4.84. The first-order chi connectivity index (χ1) is 8.66. The second kappa shape index (κ2) is 4.13. The third kappa shape index (κ3) is 1.69. The lowest BCUT2D eigenvalue weighted by Gasteiger charge is -2.04. The zero-order chi connectivity index (χ0) is 12.7. The van der Waals surface area contributed by atoms with E-state index in [1.807, 2.05) is 0 Å². The highest BCUT2D eigenvalue weighted by molar-refractivity contribution is 6.05. The predicted octanol–water partition coefficient (Wildman–Crippen LogP) is 3.93. The Hall–Kier alpha value is -1.83. The lowest BCUT2D eigenvalue weighted by atomic mass is 10.1. The minimum Gasteiger partial charge on any atom is -0.342 e. The van der Waals surface area contributed by atoms with Crippen LogP contribution in [0.3, 0.4) is 0 Å². The van der Waals surface area contributed by atoms with Gasteiger partial charge in [0.25, 0.3) is 0 Å². The minimum absolute atomic E-state index is 0.643. The van der Waals surface area contributed by atoms with E-state index in [1.54, 1.807) is 0 Å². The molecule has 92 valence electrons. The van der Waals surface area contributed by atoms with Crippen molar-refractivity contribution < 1.29 is 0 Å². The van der Waals surface area contributed by atoms with Gasteiger partial charge in [0.2, 0.25) is 0 Å². The van der Waals surface area contributed by atoms with Crippen molar-refractivity contribution in [3.05, 3.63) is 42.1 Å². The van der Waals surface area contributed by atoms with Gasteiger partial charge in [-0.2, -0.15) is 0 Å². The average molecular weight is 238 g/mol. The van der Waals surface area contributed by atoms with Crippen molar-refractivity contribution in [1.29, 1.82) is 0 Å². The van der Waals surface area contributed by atoms with Crippen LogP contribution < -0.4 is 0 Å². The molecule has 0 N–H and O–H groups in total. The third-order valence-electron chi connectivity index (χ3n) is 3.43. The molecule has 2 aromatic heterocycles. The molecule has 0 unspecified atom stereocenters. The van der Waals surface area contributed by atoms with Gasteiger partial charge in [0.05, 0.1) is 16.6 Å². The Balaban J connectivity index is 2.29. The lowest BCUT2D eigenvalue weighted by Crippen LogP contribution is -1.97. The van der Waals surface area contributed by atoms with E-state index in [9.17, 15) is 0 Å². The topological polar surface area (TPSA) is 17.8 Å². The van der Waals surface area contributed by atoms with Gasteiger partial charge in [-0.15, -0.1) is 0 Å². The van der Waals surface area contributed by atoms with Crippen LogP contribution in [0, 0.1) is 5.92 Å². The molecule has 0 fully saturated rings. The van der Waals surface area contributed by atoms with Crippen LogP contribution >= 0.6 is 0 Å². The zero-order valence-corrected chi connectivity index (χ0v) is 11.1. The summed E-state index contributed by atoms with van der Waals surface area (Å²) in [4.78, 5) is 4.84. The molecule has 3 aromatic rings. The van der Waals surface area contributed by atoms with E-state index < -0.39 is 0 Å². The number of pyridine rings is 1. The molecule has 0 bridgehead atoms. The summed E-state index contributed by atoms with van der Waals surface area (Å²) in [5.74, 6) is 0.643. The second-order valence-electron chi connectivity index (χ2n) is 5.34. The van der Waals surface area contributed by atoms with Gasteiger partial charge in [0, 0.05) is 18.1 Å². The highest BCUT2D eigenvalue weighted by Gasteiger charge is 2.09. The highest BCUT2D eigenvalue weighted by atomic mass is 15.0. The number of nitrogens with zero attached hydrogens (tertiary/aromatic N) is 2. The number of aryl methyl sites for hydroxylation is 1. The van der Waals surface area contributed by atoms with E-state index in [2.05, 4.69) is 61.9 Å². The first-order valence-corrected chi connectivity index (χ1v) is 6.50. The summed E-state index contributed by atoms with van der Waals surface area (Å²) >= 11 is 0. The fraction of sp³-hybridized carbons (Fsp3) is 0.312. The summed E-state index contributed by atoms with van der Waals surface area (Å²) in [6, 6.07) is 12.8. The summed E-state index contributed by atoms with van der Waals surface area (Å²) in [6.45, 7) is 4.46. The SMILES string of the molecule is CC(C)Cc1ccc2c(n1)c1ccccc1n2C. The fourth-order valence-corrected chi connectivity index (χ4v) is 2.59. The molecule has 1 aromatic carbocycles. The molecule has 0 atom stereocenters. The van der Waals surface area contributed by atoms with Crippen LogP contribution in [-0.4, -0.2) is 9.55 Å². The molecule has 2 heterocycles. The van der Waals surface area contributed by atoms with Gasteiger partial charge in [0.15, 0.2) is 0 Å². The molecule has 0 aliphatic heterocycles. The Morgan fingerprint density at radius 1 is 1.06 bits per heavy atom. The number of rotatable bonds is 2. The Kier molecular flexibility index (Phi) is 2.58. The van der Waals surface area contributed by atoms with Crippen molar-refractivity contribution in [3.8, 4) is 0 Å². The van der Waals surface area contributed by atoms with Crippen molar-refractivity contribution in [2.75, 3.05) is 0 Å². The Morgan fingerprint density at radius 2 is 1.83 bits per heavy atom. The van der Waals surface area contributed by atoms with Gasteiger partial charge < -0.3 is 4.57 Å². The molecule has 0 spiro atoms. The van der Waals surface area contributed by atoms with E-state index in [4.69, 9.17) is 4.98 Å². The van der Waals surface area contributed by atoms with E-state index in [-0.39, 0.29) is 0 Å². The van der Waals surface area contributed by atoms with Crippen LogP contribution in [0.15, 0.2) is 36.4 Å². The van der Waals surface area contributed by atoms with Gasteiger partial charge in [-0.3, -0.25) is 4.98 Å². The largest absolute Gasteiger partial charge is 0.342 e. The molecular formula is C16H18N2. The summed E-state index contributed by atoms with van der Waals surface area (Å²) in [7, 11) is 2.11. The molecule has 0 radical (unpaired) electrons. The number of fused-ring (bicyclic) bond motifs is 3. The summed E-state index contributed by atoms with van der Waals surface area (Å²) in [5.41, 5.74) is 4.78. The van der Waals surface area contributed by atoms with Gasteiger partial charge in [-0.1, -0.05) is 32.0 Å². The second-order valence-corrected chi connectivity index (χ2v) is 5.34. The van der Waals surface area contributed by atoms with Crippen LogP contribution in [0.25, 0.3) is 21.9 Å². The zero-order valence-electron chi connectivity index (χ0n) is 11.1. The van der Waals surface area contributed by atoms with E-state index >= 15 is 0 Å². The van der Waals surface area contributed by atoms with Crippen molar-refractivity contribution in [2.24, 2.45) is 13.0 Å². The molecular weight excluding hydrogens is 220 g/mol. The quantitative estimate of drug-likeness (QED) is 0.661. The standard InChI is InChI=1S/C16H18N2/c1-11(2)10-12-8-9-15-16(17-12)13-6-4-5-7-14(13)18(15)3/h4-9,11H,10H2,1-3H3.